The van der Waals surface area contributed by atoms with Crippen LogP contribution in [0.2, 0.25) is 0 Å². The zero-order valence-corrected chi connectivity index (χ0v) is 47.1. The zero-order chi connectivity index (χ0) is 50.7. The van der Waals surface area contributed by atoms with E-state index in [1.54, 1.807) is 0 Å². The topological polar surface area (TPSA) is 78.9 Å². The monoisotopic (exact) mass is 983 g/mol. The lowest BCUT2D eigenvalue weighted by atomic mass is 10.0. The van der Waals surface area contributed by atoms with Crippen molar-refractivity contribution in [3.05, 3.63) is 36.5 Å². The van der Waals surface area contributed by atoms with Gasteiger partial charge in [-0.1, -0.05) is 295 Å². The lowest BCUT2D eigenvalue weighted by Crippen LogP contribution is -2.30. The van der Waals surface area contributed by atoms with E-state index in [1.165, 1.54) is 218 Å². The normalized spacial score (nSPS) is 12.2. The summed E-state index contributed by atoms with van der Waals surface area (Å²) in [5.41, 5.74) is 0. The molecule has 410 valence electrons. The quantitative estimate of drug-likeness (QED) is 0.0261. The molecule has 0 aliphatic carbocycles. The predicted molar refractivity (Wildman–Crippen MR) is 302 cm³/mol. The first-order chi connectivity index (χ1) is 34.5. The summed E-state index contributed by atoms with van der Waals surface area (Å²) in [4.78, 5) is 38.2. The Morgan fingerprint density at radius 2 is 0.514 bits per heavy atom. The van der Waals surface area contributed by atoms with Crippen molar-refractivity contribution in [2.45, 2.75) is 341 Å². The second-order valence-corrected chi connectivity index (χ2v) is 21.0. The Labute approximate surface area is 435 Å². The molecule has 0 bridgehead atoms. The Hall–Kier alpha value is -2.37. The van der Waals surface area contributed by atoms with Crippen molar-refractivity contribution in [1.82, 2.24) is 0 Å². The summed E-state index contributed by atoms with van der Waals surface area (Å²) in [7, 11) is 0. The van der Waals surface area contributed by atoms with E-state index in [0.717, 1.165) is 77.0 Å². The van der Waals surface area contributed by atoms with Crippen molar-refractivity contribution in [3.8, 4) is 0 Å². The minimum Gasteiger partial charge on any atom is -0.462 e. The Balaban J connectivity index is 4.27. The molecule has 0 aromatic heterocycles. The molecular weight excluding hydrogens is 865 g/mol. The van der Waals surface area contributed by atoms with Gasteiger partial charge in [0, 0.05) is 19.3 Å². The first-order valence-electron chi connectivity index (χ1n) is 31.0. The van der Waals surface area contributed by atoms with Crippen LogP contribution in [0.4, 0.5) is 0 Å². The summed E-state index contributed by atoms with van der Waals surface area (Å²) in [5, 5.41) is 0. The Kier molecular flexibility index (Phi) is 57.2. The molecule has 6 heteroatoms. The van der Waals surface area contributed by atoms with Gasteiger partial charge in [-0.2, -0.15) is 0 Å². The molecule has 6 nitrogen and oxygen atoms in total. The van der Waals surface area contributed by atoms with E-state index in [9.17, 15) is 14.4 Å². The maximum Gasteiger partial charge on any atom is 0.306 e. The minimum atomic E-state index is -0.771. The number of carbonyl (C=O) groups excluding carboxylic acids is 3. The number of unbranched alkanes of at least 4 members (excludes halogenated alkanes) is 40. The molecule has 0 N–H and O–H groups in total. The van der Waals surface area contributed by atoms with Crippen LogP contribution in [0.1, 0.15) is 335 Å². The maximum absolute atomic E-state index is 12.9. The van der Waals surface area contributed by atoms with E-state index in [-0.39, 0.29) is 31.1 Å². The van der Waals surface area contributed by atoms with Gasteiger partial charge in [0.15, 0.2) is 6.10 Å². The van der Waals surface area contributed by atoms with Gasteiger partial charge >= 0.3 is 17.9 Å². The molecule has 0 saturated heterocycles. The second kappa shape index (κ2) is 59.2. The molecule has 0 amide bonds. The highest BCUT2D eigenvalue weighted by Crippen LogP contribution is 2.17. The van der Waals surface area contributed by atoms with Crippen molar-refractivity contribution in [2.24, 2.45) is 0 Å². The van der Waals surface area contributed by atoms with Gasteiger partial charge in [-0.05, 0) is 57.8 Å². The number of allylic oxidation sites excluding steroid dienone is 6. The van der Waals surface area contributed by atoms with Crippen LogP contribution in [-0.4, -0.2) is 37.2 Å². The van der Waals surface area contributed by atoms with Gasteiger partial charge in [0.1, 0.15) is 13.2 Å². The number of ether oxygens (including phenoxy) is 3. The molecule has 0 spiro atoms. The Bertz CT molecular complexity index is 1170. The highest BCUT2D eigenvalue weighted by molar-refractivity contribution is 5.71. The number of rotatable bonds is 57. The second-order valence-electron chi connectivity index (χ2n) is 21.0. The number of hydrogen-bond acceptors (Lipinski definition) is 6. The summed E-state index contributed by atoms with van der Waals surface area (Å²) < 4.78 is 16.9. The number of carbonyl (C=O) groups is 3. The molecule has 1 unspecified atom stereocenters. The average molecular weight is 984 g/mol. The van der Waals surface area contributed by atoms with E-state index in [2.05, 4.69) is 57.2 Å². The van der Waals surface area contributed by atoms with Crippen LogP contribution in [0, 0.1) is 0 Å². The molecule has 0 fully saturated rings. The van der Waals surface area contributed by atoms with Crippen LogP contribution in [0.25, 0.3) is 0 Å². The number of hydrogen-bond donors (Lipinski definition) is 0. The largest absolute Gasteiger partial charge is 0.462 e. The third kappa shape index (κ3) is 56.5. The average Bonchev–Trinajstić information content (AvgIpc) is 3.36. The van der Waals surface area contributed by atoms with E-state index in [0.29, 0.717) is 19.3 Å². The van der Waals surface area contributed by atoms with Crippen LogP contribution in [0.3, 0.4) is 0 Å². The van der Waals surface area contributed by atoms with Gasteiger partial charge < -0.3 is 14.2 Å². The molecule has 70 heavy (non-hydrogen) atoms. The molecule has 0 aliphatic rings. The first-order valence-corrected chi connectivity index (χ1v) is 31.0. The fraction of sp³-hybridized carbons (Fsp3) is 0.859. The van der Waals surface area contributed by atoms with Gasteiger partial charge in [-0.15, -0.1) is 0 Å². The summed E-state index contributed by atoms with van der Waals surface area (Å²) in [6, 6.07) is 0. The van der Waals surface area contributed by atoms with Crippen LogP contribution < -0.4 is 0 Å². The standard InChI is InChI=1S/C64H118O6/c1-4-7-10-13-16-19-22-24-26-28-30-31-32-33-34-36-37-39-42-45-48-51-54-57-63(66)69-60-61(59-68-62(65)56-53-50-47-44-41-21-18-15-12-9-6-3)70-64(67)58-55-52-49-46-43-40-38-35-29-27-25-23-20-17-14-11-8-5-2/h22,24,28,30,32-33,61H,4-21,23,25-27,29,31,34-60H2,1-3H3/b24-22-,30-28-,33-32-. The van der Waals surface area contributed by atoms with Gasteiger partial charge in [0.25, 0.3) is 0 Å². The SMILES string of the molecule is CCCCCCC/C=C\C/C=C\C/C=C\CCCCCCCCCCC(=O)OCC(COC(=O)CCCCCCCCCCCCC)OC(=O)CCCCCCCCCCCCCCCCCCCC. The summed E-state index contributed by atoms with van der Waals surface area (Å²) in [6.07, 6.45) is 71.4. The Morgan fingerprint density at radius 3 is 0.800 bits per heavy atom. The Morgan fingerprint density at radius 1 is 0.286 bits per heavy atom. The third-order valence-corrected chi connectivity index (χ3v) is 13.9. The molecule has 1 atom stereocenters. The molecule has 0 aliphatic heterocycles. The van der Waals surface area contributed by atoms with Gasteiger partial charge in [0.05, 0.1) is 0 Å². The van der Waals surface area contributed by atoms with Crippen molar-refractivity contribution < 1.29 is 28.6 Å². The summed E-state index contributed by atoms with van der Waals surface area (Å²) in [5.74, 6) is -0.856. The molecule has 0 heterocycles. The van der Waals surface area contributed by atoms with Crippen molar-refractivity contribution in [1.29, 1.82) is 0 Å². The summed E-state index contributed by atoms with van der Waals surface area (Å²) >= 11 is 0. The zero-order valence-electron chi connectivity index (χ0n) is 47.1. The minimum absolute atomic E-state index is 0.0694. The molecule has 0 aromatic rings. The maximum atomic E-state index is 12.9. The van der Waals surface area contributed by atoms with Crippen LogP contribution in [0.5, 0.6) is 0 Å². The van der Waals surface area contributed by atoms with Crippen molar-refractivity contribution >= 4 is 17.9 Å². The molecule has 0 rings (SSSR count). The fourth-order valence-corrected chi connectivity index (χ4v) is 9.22. The fourth-order valence-electron chi connectivity index (χ4n) is 9.22. The third-order valence-electron chi connectivity index (χ3n) is 13.9. The van der Waals surface area contributed by atoms with Crippen LogP contribution in [-0.2, 0) is 28.6 Å². The van der Waals surface area contributed by atoms with Crippen molar-refractivity contribution in [3.63, 3.8) is 0 Å². The first kappa shape index (κ1) is 67.6. The summed E-state index contributed by atoms with van der Waals surface area (Å²) in [6.45, 7) is 6.67. The predicted octanol–water partition coefficient (Wildman–Crippen LogP) is 20.8. The van der Waals surface area contributed by atoms with Crippen molar-refractivity contribution in [2.75, 3.05) is 13.2 Å². The molecule has 0 aromatic carbocycles. The van der Waals surface area contributed by atoms with Crippen LogP contribution >= 0.6 is 0 Å². The molecular formula is C64H118O6. The lowest BCUT2D eigenvalue weighted by Gasteiger charge is -2.18. The van der Waals surface area contributed by atoms with E-state index in [1.807, 2.05) is 0 Å². The van der Waals surface area contributed by atoms with Gasteiger partial charge in [-0.25, -0.2) is 0 Å². The molecule has 0 radical (unpaired) electrons. The van der Waals surface area contributed by atoms with Crippen LogP contribution in [0.15, 0.2) is 36.5 Å². The van der Waals surface area contributed by atoms with Gasteiger partial charge in [-0.3, -0.25) is 14.4 Å². The van der Waals surface area contributed by atoms with E-state index >= 15 is 0 Å². The smallest absolute Gasteiger partial charge is 0.306 e. The highest BCUT2D eigenvalue weighted by Gasteiger charge is 2.19. The lowest BCUT2D eigenvalue weighted by molar-refractivity contribution is -0.167. The van der Waals surface area contributed by atoms with E-state index < -0.39 is 6.10 Å². The van der Waals surface area contributed by atoms with E-state index in [4.69, 9.17) is 14.2 Å². The highest BCUT2D eigenvalue weighted by atomic mass is 16.6. The molecule has 0 saturated carbocycles. The van der Waals surface area contributed by atoms with Gasteiger partial charge in [0.2, 0.25) is 0 Å². The number of esters is 3.